The van der Waals surface area contributed by atoms with Crippen LogP contribution in [0.3, 0.4) is 0 Å². The molecule has 0 spiro atoms. The molecular weight excluding hydrogens is 757 g/mol. The minimum Gasteiger partial charge on any atom is -0.462 e. The van der Waals surface area contributed by atoms with E-state index >= 15 is 0 Å². The van der Waals surface area contributed by atoms with E-state index in [2.05, 4.69) is 45.1 Å². The molecule has 0 aliphatic heterocycles. The maximum atomic E-state index is 12.8. The number of allylic oxidation sites excluding steroid dienone is 4. The van der Waals surface area contributed by atoms with Gasteiger partial charge in [-0.05, 0) is 64.2 Å². The van der Waals surface area contributed by atoms with E-state index in [4.69, 9.17) is 14.2 Å². The third-order valence-electron chi connectivity index (χ3n) is 11.9. The van der Waals surface area contributed by atoms with E-state index in [0.717, 1.165) is 64.2 Å². The molecule has 0 saturated carbocycles. The van der Waals surface area contributed by atoms with E-state index in [-0.39, 0.29) is 31.1 Å². The average Bonchev–Trinajstić information content (AvgIpc) is 3.26. The summed E-state index contributed by atoms with van der Waals surface area (Å²) in [6, 6.07) is 0. The number of ether oxygens (including phenoxy) is 3. The molecule has 0 amide bonds. The van der Waals surface area contributed by atoms with Crippen molar-refractivity contribution in [1.82, 2.24) is 0 Å². The summed E-state index contributed by atoms with van der Waals surface area (Å²) in [6.45, 7) is 6.62. The molecule has 0 bridgehead atoms. The van der Waals surface area contributed by atoms with Crippen molar-refractivity contribution < 1.29 is 28.6 Å². The van der Waals surface area contributed by atoms with Crippen LogP contribution in [-0.4, -0.2) is 37.2 Å². The first-order chi connectivity index (χ1) is 30.0. The van der Waals surface area contributed by atoms with Gasteiger partial charge in [0.2, 0.25) is 0 Å². The van der Waals surface area contributed by atoms with Crippen molar-refractivity contribution in [3.63, 3.8) is 0 Å². The molecule has 0 N–H and O–H groups in total. The Bertz CT molecular complexity index is 989. The Balaban J connectivity index is 4.28. The number of esters is 3. The second-order valence-electron chi connectivity index (χ2n) is 18.1. The van der Waals surface area contributed by atoms with Gasteiger partial charge in [-0.3, -0.25) is 14.4 Å². The third-order valence-corrected chi connectivity index (χ3v) is 11.9. The van der Waals surface area contributed by atoms with Crippen molar-refractivity contribution in [2.24, 2.45) is 0 Å². The molecule has 0 aliphatic rings. The Labute approximate surface area is 379 Å². The van der Waals surface area contributed by atoms with Gasteiger partial charge < -0.3 is 14.2 Å². The number of carbonyl (C=O) groups excluding carboxylic acids is 3. The summed E-state index contributed by atoms with van der Waals surface area (Å²) in [6.07, 6.45) is 57.3. The van der Waals surface area contributed by atoms with Crippen LogP contribution >= 0.6 is 0 Å². The first-order valence-corrected chi connectivity index (χ1v) is 26.8. The van der Waals surface area contributed by atoms with Crippen molar-refractivity contribution in [3.05, 3.63) is 24.3 Å². The molecule has 0 fully saturated rings. The first kappa shape index (κ1) is 58.9. The van der Waals surface area contributed by atoms with Gasteiger partial charge in [0.15, 0.2) is 6.10 Å². The molecule has 0 radical (unpaired) electrons. The van der Waals surface area contributed by atoms with Crippen LogP contribution in [0.25, 0.3) is 0 Å². The van der Waals surface area contributed by atoms with E-state index in [1.165, 1.54) is 186 Å². The fraction of sp³-hybridized carbons (Fsp3) is 0.873. The quantitative estimate of drug-likeness (QED) is 0.0262. The largest absolute Gasteiger partial charge is 0.462 e. The lowest BCUT2D eigenvalue weighted by Crippen LogP contribution is -2.30. The van der Waals surface area contributed by atoms with Crippen LogP contribution in [0.15, 0.2) is 24.3 Å². The summed E-state index contributed by atoms with van der Waals surface area (Å²) in [4.78, 5) is 37.9. The highest BCUT2D eigenvalue weighted by atomic mass is 16.6. The molecule has 1 atom stereocenters. The zero-order chi connectivity index (χ0) is 44.4. The lowest BCUT2D eigenvalue weighted by molar-refractivity contribution is -0.167. The fourth-order valence-corrected chi connectivity index (χ4v) is 7.83. The highest BCUT2D eigenvalue weighted by Gasteiger charge is 2.19. The molecule has 0 aliphatic carbocycles. The number of carbonyl (C=O) groups is 3. The van der Waals surface area contributed by atoms with Gasteiger partial charge in [-0.25, -0.2) is 0 Å². The summed E-state index contributed by atoms with van der Waals surface area (Å²) >= 11 is 0. The van der Waals surface area contributed by atoms with Crippen LogP contribution in [0.4, 0.5) is 0 Å². The predicted molar refractivity (Wildman–Crippen MR) is 261 cm³/mol. The minimum absolute atomic E-state index is 0.0712. The standard InChI is InChI=1S/C55H102O6/c1-4-7-10-13-16-19-22-24-25-26-27-28-29-31-33-36-39-42-45-48-54(57)60-51-52(50-59-53(56)47-44-41-38-35-32-21-18-15-12-9-6-3)61-55(58)49-46-43-40-37-34-30-23-20-17-14-11-8-5-2/h15,18,24-25,52H,4-14,16-17,19-23,26-51H2,1-3H3/b18-15-,25-24-. The Kier molecular flexibility index (Phi) is 48.8. The van der Waals surface area contributed by atoms with E-state index < -0.39 is 6.10 Å². The van der Waals surface area contributed by atoms with E-state index in [1.807, 2.05) is 0 Å². The number of hydrogen-bond donors (Lipinski definition) is 0. The summed E-state index contributed by atoms with van der Waals surface area (Å²) in [5.41, 5.74) is 0. The van der Waals surface area contributed by atoms with Crippen LogP contribution in [-0.2, 0) is 28.6 Å². The second-order valence-corrected chi connectivity index (χ2v) is 18.1. The topological polar surface area (TPSA) is 78.9 Å². The molecule has 6 heteroatoms. The average molecular weight is 859 g/mol. The van der Waals surface area contributed by atoms with E-state index in [1.54, 1.807) is 0 Å². The van der Waals surface area contributed by atoms with Gasteiger partial charge in [0, 0.05) is 19.3 Å². The molecule has 61 heavy (non-hydrogen) atoms. The lowest BCUT2D eigenvalue weighted by atomic mass is 10.0. The highest BCUT2D eigenvalue weighted by molar-refractivity contribution is 5.71. The third kappa shape index (κ3) is 48.8. The molecular formula is C55H102O6. The summed E-state index contributed by atoms with van der Waals surface area (Å²) < 4.78 is 16.8. The van der Waals surface area contributed by atoms with Crippen molar-refractivity contribution in [3.8, 4) is 0 Å². The zero-order valence-electron chi connectivity index (χ0n) is 40.9. The van der Waals surface area contributed by atoms with Crippen molar-refractivity contribution in [1.29, 1.82) is 0 Å². The maximum absolute atomic E-state index is 12.8. The van der Waals surface area contributed by atoms with Gasteiger partial charge in [-0.15, -0.1) is 0 Å². The van der Waals surface area contributed by atoms with Crippen LogP contribution < -0.4 is 0 Å². The molecule has 6 nitrogen and oxygen atoms in total. The summed E-state index contributed by atoms with van der Waals surface area (Å²) in [5.74, 6) is -0.869. The van der Waals surface area contributed by atoms with E-state index in [9.17, 15) is 14.4 Å². The molecule has 1 unspecified atom stereocenters. The summed E-state index contributed by atoms with van der Waals surface area (Å²) in [7, 11) is 0. The van der Waals surface area contributed by atoms with Gasteiger partial charge in [0.05, 0.1) is 0 Å². The highest BCUT2D eigenvalue weighted by Crippen LogP contribution is 2.16. The maximum Gasteiger partial charge on any atom is 0.306 e. The molecule has 0 heterocycles. The number of hydrogen-bond acceptors (Lipinski definition) is 6. The van der Waals surface area contributed by atoms with Crippen LogP contribution in [0, 0.1) is 0 Å². The van der Waals surface area contributed by atoms with Gasteiger partial charge in [0.25, 0.3) is 0 Å². The Morgan fingerprint density at radius 3 is 0.869 bits per heavy atom. The van der Waals surface area contributed by atoms with Crippen molar-refractivity contribution in [2.45, 2.75) is 297 Å². The normalized spacial score (nSPS) is 12.1. The lowest BCUT2D eigenvalue weighted by Gasteiger charge is -2.18. The number of rotatable bonds is 49. The molecule has 0 rings (SSSR count). The first-order valence-electron chi connectivity index (χ1n) is 26.8. The molecule has 0 saturated heterocycles. The predicted octanol–water partition coefficient (Wildman–Crippen LogP) is 17.5. The van der Waals surface area contributed by atoms with Crippen LogP contribution in [0.5, 0.6) is 0 Å². The smallest absolute Gasteiger partial charge is 0.306 e. The molecule has 358 valence electrons. The minimum atomic E-state index is -0.770. The van der Waals surface area contributed by atoms with Crippen LogP contribution in [0.2, 0.25) is 0 Å². The second kappa shape index (κ2) is 50.5. The Morgan fingerprint density at radius 2 is 0.557 bits per heavy atom. The fourth-order valence-electron chi connectivity index (χ4n) is 7.83. The van der Waals surface area contributed by atoms with Gasteiger partial charge in [-0.2, -0.15) is 0 Å². The Morgan fingerprint density at radius 1 is 0.311 bits per heavy atom. The summed E-state index contributed by atoms with van der Waals surface area (Å²) in [5, 5.41) is 0. The van der Waals surface area contributed by atoms with E-state index in [0.29, 0.717) is 19.3 Å². The molecule has 0 aromatic heterocycles. The Hall–Kier alpha value is -2.11. The van der Waals surface area contributed by atoms with Gasteiger partial charge in [0.1, 0.15) is 13.2 Å². The zero-order valence-corrected chi connectivity index (χ0v) is 40.9. The molecule has 0 aromatic carbocycles. The number of unbranched alkanes of at least 4 members (excludes halogenated alkanes) is 34. The van der Waals surface area contributed by atoms with Gasteiger partial charge in [-0.1, -0.05) is 231 Å². The monoisotopic (exact) mass is 859 g/mol. The molecule has 0 aromatic rings. The van der Waals surface area contributed by atoms with Gasteiger partial charge >= 0.3 is 17.9 Å². The van der Waals surface area contributed by atoms with Crippen LogP contribution in [0.1, 0.15) is 290 Å². The van der Waals surface area contributed by atoms with Crippen molar-refractivity contribution >= 4 is 17.9 Å². The SMILES string of the molecule is CCCC/C=C\CCCCCCCC(=O)OCC(COC(=O)CCCCCCCCCCC/C=C\CCCCCCCC)OC(=O)CCCCCCCCCCCCCCC. The van der Waals surface area contributed by atoms with Crippen molar-refractivity contribution in [2.75, 3.05) is 13.2 Å².